The van der Waals surface area contributed by atoms with Crippen molar-refractivity contribution in [2.45, 2.75) is 32.4 Å². The Morgan fingerprint density at radius 2 is 1.83 bits per heavy atom. The summed E-state index contributed by atoms with van der Waals surface area (Å²) in [6, 6.07) is 15.0. The van der Waals surface area contributed by atoms with Gasteiger partial charge in [0.15, 0.2) is 0 Å². The Labute approximate surface area is 107 Å². The zero-order chi connectivity index (χ0) is 12.5. The lowest BCUT2D eigenvalue weighted by atomic mass is 10.0. The molecule has 2 aromatic rings. The zero-order valence-electron chi connectivity index (χ0n) is 10.8. The molecule has 3 rings (SSSR count). The van der Waals surface area contributed by atoms with E-state index in [-0.39, 0.29) is 6.10 Å². The highest BCUT2D eigenvalue weighted by Crippen LogP contribution is 2.23. The van der Waals surface area contributed by atoms with Gasteiger partial charge in [0, 0.05) is 12.0 Å². The van der Waals surface area contributed by atoms with Crippen LogP contribution < -0.4 is 0 Å². The number of aliphatic imine (C=N–C) groups is 1. The molecular formula is C16H17NO. The number of ether oxygens (including phenoxy) is 1. The Morgan fingerprint density at radius 3 is 2.67 bits per heavy atom. The number of nitrogens with zero attached hydrogens (tertiary/aromatic N) is 1. The average Bonchev–Trinajstić information content (AvgIpc) is 2.37. The van der Waals surface area contributed by atoms with Gasteiger partial charge in [0.1, 0.15) is 0 Å². The minimum atomic E-state index is 0.242. The van der Waals surface area contributed by atoms with E-state index in [4.69, 9.17) is 4.74 Å². The van der Waals surface area contributed by atoms with Crippen LogP contribution in [0.15, 0.2) is 47.5 Å². The van der Waals surface area contributed by atoms with Gasteiger partial charge in [0.05, 0.1) is 12.1 Å². The molecule has 0 aromatic heterocycles. The number of rotatable bonds is 1. The van der Waals surface area contributed by atoms with E-state index < -0.39 is 0 Å². The summed E-state index contributed by atoms with van der Waals surface area (Å²) in [5, 5.41) is 2.44. The highest BCUT2D eigenvalue weighted by Gasteiger charge is 2.20. The molecule has 1 aliphatic heterocycles. The maximum absolute atomic E-state index is 5.90. The standard InChI is InChI=1S/C16H17NO/c1-11-10-12(2)18-16(17-11)15-9-5-7-13-6-3-4-8-14(13)15/h3-9,11-12H,10H2,1-2H3/t11-,12+/m0/s1. The van der Waals surface area contributed by atoms with Crippen LogP contribution in [0, 0.1) is 0 Å². The van der Waals surface area contributed by atoms with Crippen LogP contribution in [0.5, 0.6) is 0 Å². The summed E-state index contributed by atoms with van der Waals surface area (Å²) in [5.41, 5.74) is 1.10. The van der Waals surface area contributed by atoms with Gasteiger partial charge in [-0.25, -0.2) is 4.99 Å². The topological polar surface area (TPSA) is 21.6 Å². The summed E-state index contributed by atoms with van der Waals surface area (Å²) in [6.07, 6.45) is 1.24. The molecule has 0 spiro atoms. The molecule has 1 heterocycles. The Bertz CT molecular complexity index is 598. The summed E-state index contributed by atoms with van der Waals surface area (Å²) in [6.45, 7) is 4.25. The third-order valence-corrected chi connectivity index (χ3v) is 3.34. The molecule has 18 heavy (non-hydrogen) atoms. The SMILES string of the molecule is C[C@@H]1C[C@H](C)N=C(c2cccc3ccccc23)O1. The molecule has 0 aliphatic carbocycles. The van der Waals surface area contributed by atoms with Crippen molar-refractivity contribution in [2.24, 2.45) is 4.99 Å². The summed E-state index contributed by atoms with van der Waals surface area (Å²) >= 11 is 0. The minimum absolute atomic E-state index is 0.242. The molecular weight excluding hydrogens is 222 g/mol. The smallest absolute Gasteiger partial charge is 0.217 e. The Morgan fingerprint density at radius 1 is 1.06 bits per heavy atom. The van der Waals surface area contributed by atoms with E-state index in [2.05, 4.69) is 61.3 Å². The van der Waals surface area contributed by atoms with Crippen LogP contribution in [0.25, 0.3) is 10.8 Å². The van der Waals surface area contributed by atoms with Gasteiger partial charge in [-0.2, -0.15) is 0 Å². The monoisotopic (exact) mass is 239 g/mol. The van der Waals surface area contributed by atoms with E-state index in [1.165, 1.54) is 10.8 Å². The van der Waals surface area contributed by atoms with Gasteiger partial charge in [-0.15, -0.1) is 0 Å². The molecule has 1 aliphatic rings. The summed E-state index contributed by atoms with van der Waals surface area (Å²) in [5.74, 6) is 0.790. The number of hydrogen-bond acceptors (Lipinski definition) is 2. The van der Waals surface area contributed by atoms with Gasteiger partial charge in [0.25, 0.3) is 0 Å². The number of fused-ring (bicyclic) bond motifs is 1. The van der Waals surface area contributed by atoms with E-state index in [9.17, 15) is 0 Å². The fraction of sp³-hybridized carbons (Fsp3) is 0.312. The van der Waals surface area contributed by atoms with Crippen LogP contribution in [0.4, 0.5) is 0 Å². The third-order valence-electron chi connectivity index (χ3n) is 3.34. The van der Waals surface area contributed by atoms with Crippen molar-refractivity contribution in [3.63, 3.8) is 0 Å². The maximum Gasteiger partial charge on any atom is 0.217 e. The van der Waals surface area contributed by atoms with E-state index in [0.717, 1.165) is 17.9 Å². The Kier molecular flexibility index (Phi) is 2.78. The largest absolute Gasteiger partial charge is 0.474 e. The van der Waals surface area contributed by atoms with Gasteiger partial charge >= 0.3 is 0 Å². The lowest BCUT2D eigenvalue weighted by Gasteiger charge is -2.25. The van der Waals surface area contributed by atoms with Crippen molar-refractivity contribution in [1.82, 2.24) is 0 Å². The van der Waals surface area contributed by atoms with Crippen molar-refractivity contribution in [3.8, 4) is 0 Å². The normalized spacial score (nSPS) is 23.6. The van der Waals surface area contributed by atoms with Gasteiger partial charge in [-0.1, -0.05) is 36.4 Å². The summed E-state index contributed by atoms with van der Waals surface area (Å²) in [7, 11) is 0. The van der Waals surface area contributed by atoms with Crippen LogP contribution in [-0.4, -0.2) is 18.0 Å². The molecule has 2 atom stereocenters. The van der Waals surface area contributed by atoms with Gasteiger partial charge in [-0.3, -0.25) is 0 Å². The van der Waals surface area contributed by atoms with Crippen LogP contribution in [0.3, 0.4) is 0 Å². The lowest BCUT2D eigenvalue weighted by Crippen LogP contribution is -2.26. The first-order chi connectivity index (χ1) is 8.74. The van der Waals surface area contributed by atoms with Crippen molar-refractivity contribution in [1.29, 1.82) is 0 Å². The number of benzene rings is 2. The molecule has 92 valence electrons. The first-order valence-electron chi connectivity index (χ1n) is 6.46. The fourth-order valence-corrected chi connectivity index (χ4v) is 2.55. The molecule has 2 nitrogen and oxygen atoms in total. The van der Waals surface area contributed by atoms with Gasteiger partial charge < -0.3 is 4.74 Å². The van der Waals surface area contributed by atoms with E-state index >= 15 is 0 Å². The second kappa shape index (κ2) is 4.45. The van der Waals surface area contributed by atoms with E-state index in [1.54, 1.807) is 0 Å². The molecule has 0 amide bonds. The van der Waals surface area contributed by atoms with Crippen molar-refractivity contribution in [2.75, 3.05) is 0 Å². The van der Waals surface area contributed by atoms with Crippen LogP contribution in [0.2, 0.25) is 0 Å². The lowest BCUT2D eigenvalue weighted by molar-refractivity contribution is 0.172. The predicted octanol–water partition coefficient (Wildman–Crippen LogP) is 3.78. The highest BCUT2D eigenvalue weighted by molar-refractivity contribution is 6.07. The van der Waals surface area contributed by atoms with Crippen molar-refractivity contribution < 1.29 is 4.74 Å². The summed E-state index contributed by atoms with van der Waals surface area (Å²) < 4.78 is 5.90. The second-order valence-electron chi connectivity index (χ2n) is 4.97. The molecule has 0 N–H and O–H groups in total. The van der Waals surface area contributed by atoms with Crippen LogP contribution >= 0.6 is 0 Å². The number of hydrogen-bond donors (Lipinski definition) is 0. The quantitative estimate of drug-likeness (QED) is 0.742. The molecule has 0 saturated carbocycles. The predicted molar refractivity (Wildman–Crippen MR) is 75.1 cm³/mol. The minimum Gasteiger partial charge on any atom is -0.474 e. The Hall–Kier alpha value is -1.83. The molecule has 0 radical (unpaired) electrons. The summed E-state index contributed by atoms with van der Waals surface area (Å²) in [4.78, 5) is 4.65. The van der Waals surface area contributed by atoms with Crippen LogP contribution in [-0.2, 0) is 4.74 Å². The van der Waals surface area contributed by atoms with Gasteiger partial charge in [0.2, 0.25) is 5.90 Å². The molecule has 0 fully saturated rings. The molecule has 0 unspecified atom stereocenters. The first kappa shape index (κ1) is 11.3. The zero-order valence-corrected chi connectivity index (χ0v) is 10.8. The molecule has 2 aromatic carbocycles. The maximum atomic E-state index is 5.90. The Balaban J connectivity index is 2.14. The molecule has 0 bridgehead atoms. The van der Waals surface area contributed by atoms with Crippen LogP contribution in [0.1, 0.15) is 25.8 Å². The highest BCUT2D eigenvalue weighted by atomic mass is 16.5. The van der Waals surface area contributed by atoms with Crippen molar-refractivity contribution in [3.05, 3.63) is 48.0 Å². The van der Waals surface area contributed by atoms with E-state index in [0.29, 0.717) is 6.04 Å². The second-order valence-corrected chi connectivity index (χ2v) is 4.97. The third kappa shape index (κ3) is 1.99. The molecule has 0 saturated heterocycles. The average molecular weight is 239 g/mol. The molecule has 2 heteroatoms. The fourth-order valence-electron chi connectivity index (χ4n) is 2.55. The first-order valence-corrected chi connectivity index (χ1v) is 6.46. The van der Waals surface area contributed by atoms with Gasteiger partial charge in [-0.05, 0) is 30.7 Å². The van der Waals surface area contributed by atoms with Crippen molar-refractivity contribution >= 4 is 16.7 Å². The van der Waals surface area contributed by atoms with E-state index in [1.807, 2.05) is 0 Å².